The van der Waals surface area contributed by atoms with Crippen molar-refractivity contribution in [1.82, 2.24) is 0 Å². The Balaban J connectivity index is 2.63. The number of hydrogen-bond donors (Lipinski definition) is 1. The van der Waals surface area contributed by atoms with E-state index in [-0.39, 0.29) is 6.04 Å². The maximum absolute atomic E-state index is 5.89. The molecule has 0 saturated heterocycles. The van der Waals surface area contributed by atoms with E-state index in [1.54, 1.807) is 0 Å². The number of benzene rings is 1. The molecule has 0 amide bonds. The lowest BCUT2D eigenvalue weighted by atomic mass is 10.0. The van der Waals surface area contributed by atoms with Gasteiger partial charge in [-0.2, -0.15) is 0 Å². The minimum Gasteiger partial charge on any atom is -0.491 e. The fourth-order valence-electron chi connectivity index (χ4n) is 1.53. The molecule has 0 radical (unpaired) electrons. The zero-order chi connectivity index (χ0) is 8.72. The fourth-order valence-corrected chi connectivity index (χ4v) is 2.00. The van der Waals surface area contributed by atoms with Crippen molar-refractivity contribution in [2.45, 2.75) is 13.0 Å². The van der Waals surface area contributed by atoms with E-state index in [9.17, 15) is 0 Å². The molecule has 3 heteroatoms. The lowest BCUT2D eigenvalue weighted by molar-refractivity contribution is 0.333. The molecule has 1 heterocycles. The average Bonchev–Trinajstić information content (AvgIpc) is 2.41. The predicted molar refractivity (Wildman–Crippen MR) is 56.3 cm³/mol. The minimum absolute atomic E-state index is 0.0646. The number of hydrogen-bond acceptors (Lipinski definition) is 2. The zero-order valence-corrected chi connectivity index (χ0v) is 8.96. The van der Waals surface area contributed by atoms with Crippen LogP contribution in [0.3, 0.4) is 0 Å². The summed E-state index contributed by atoms with van der Waals surface area (Å²) in [5.41, 5.74) is 8.33. The molecule has 64 valence electrons. The molecule has 1 aliphatic heterocycles. The summed E-state index contributed by atoms with van der Waals surface area (Å²) < 4.78 is 6.67. The number of halogens is 1. The van der Waals surface area contributed by atoms with E-state index >= 15 is 0 Å². The van der Waals surface area contributed by atoms with Gasteiger partial charge in [-0.15, -0.1) is 0 Å². The monoisotopic (exact) mass is 275 g/mol. The number of fused-ring (bicyclic) bond motifs is 1. The molecule has 1 aliphatic rings. The molecular weight excluding hydrogens is 265 g/mol. The number of ether oxygens (including phenoxy) is 1. The maximum atomic E-state index is 5.89. The van der Waals surface area contributed by atoms with Crippen molar-refractivity contribution >= 4 is 22.6 Å². The van der Waals surface area contributed by atoms with Gasteiger partial charge in [0.1, 0.15) is 12.4 Å². The Labute approximate surface area is 85.2 Å². The van der Waals surface area contributed by atoms with Crippen molar-refractivity contribution in [3.05, 3.63) is 26.8 Å². The standard InChI is InChI=1S/C9H10INO/c1-5-6(10)2-3-8-9(5)7(11)4-12-8/h2-3,7H,4,11H2,1H3/t7-/m1/s1. The first-order chi connectivity index (χ1) is 5.70. The zero-order valence-electron chi connectivity index (χ0n) is 6.80. The van der Waals surface area contributed by atoms with Crippen molar-refractivity contribution in [3.63, 3.8) is 0 Å². The summed E-state index contributed by atoms with van der Waals surface area (Å²) >= 11 is 2.32. The van der Waals surface area contributed by atoms with Crippen molar-refractivity contribution in [3.8, 4) is 5.75 Å². The summed E-state index contributed by atoms with van der Waals surface area (Å²) in [6.45, 7) is 2.71. The van der Waals surface area contributed by atoms with E-state index < -0.39 is 0 Å². The topological polar surface area (TPSA) is 35.2 Å². The van der Waals surface area contributed by atoms with Gasteiger partial charge in [-0.3, -0.25) is 0 Å². The molecule has 1 aromatic carbocycles. The molecule has 0 saturated carbocycles. The Bertz CT molecular complexity index is 325. The van der Waals surface area contributed by atoms with Gasteiger partial charge in [-0.1, -0.05) is 0 Å². The van der Waals surface area contributed by atoms with Crippen molar-refractivity contribution < 1.29 is 4.74 Å². The highest BCUT2D eigenvalue weighted by Gasteiger charge is 2.23. The molecule has 2 N–H and O–H groups in total. The van der Waals surface area contributed by atoms with Gasteiger partial charge < -0.3 is 10.5 Å². The van der Waals surface area contributed by atoms with Gasteiger partial charge in [0, 0.05) is 9.13 Å². The van der Waals surface area contributed by atoms with Crippen molar-refractivity contribution in [1.29, 1.82) is 0 Å². The first-order valence-electron chi connectivity index (χ1n) is 3.87. The molecule has 1 aromatic rings. The van der Waals surface area contributed by atoms with Crippen LogP contribution in [0.25, 0.3) is 0 Å². The van der Waals surface area contributed by atoms with Crippen LogP contribution in [0.4, 0.5) is 0 Å². The minimum atomic E-state index is 0.0646. The van der Waals surface area contributed by atoms with Crippen LogP contribution in [0.1, 0.15) is 17.2 Å². The molecule has 2 nitrogen and oxygen atoms in total. The normalized spacial score (nSPS) is 20.4. The van der Waals surface area contributed by atoms with E-state index in [4.69, 9.17) is 10.5 Å². The van der Waals surface area contributed by atoms with E-state index in [1.807, 2.05) is 6.07 Å². The average molecular weight is 275 g/mol. The second kappa shape index (κ2) is 2.88. The Morgan fingerprint density at radius 2 is 2.33 bits per heavy atom. The fraction of sp³-hybridized carbons (Fsp3) is 0.333. The quantitative estimate of drug-likeness (QED) is 0.735. The van der Waals surface area contributed by atoms with Crippen LogP contribution in [-0.4, -0.2) is 6.61 Å². The van der Waals surface area contributed by atoms with Crippen molar-refractivity contribution in [2.75, 3.05) is 6.61 Å². The van der Waals surface area contributed by atoms with Crippen molar-refractivity contribution in [2.24, 2.45) is 5.73 Å². The molecule has 0 unspecified atom stereocenters. The van der Waals surface area contributed by atoms with Gasteiger partial charge in [0.25, 0.3) is 0 Å². The summed E-state index contributed by atoms with van der Waals surface area (Å²) in [5.74, 6) is 0.959. The molecule has 12 heavy (non-hydrogen) atoms. The Hall–Kier alpha value is -0.290. The Morgan fingerprint density at radius 3 is 3.08 bits per heavy atom. The summed E-state index contributed by atoms with van der Waals surface area (Å²) in [6.07, 6.45) is 0. The SMILES string of the molecule is Cc1c(I)ccc2c1[C@H](N)CO2. The number of rotatable bonds is 0. The van der Waals surface area contributed by atoms with Gasteiger partial charge in [0.2, 0.25) is 0 Å². The molecule has 1 atom stereocenters. The van der Waals surface area contributed by atoms with E-state index in [1.165, 1.54) is 14.7 Å². The van der Waals surface area contributed by atoms with Crippen LogP contribution in [0.15, 0.2) is 12.1 Å². The smallest absolute Gasteiger partial charge is 0.124 e. The second-order valence-electron chi connectivity index (χ2n) is 3.00. The summed E-state index contributed by atoms with van der Waals surface area (Å²) in [6, 6.07) is 4.12. The highest BCUT2D eigenvalue weighted by Crippen LogP contribution is 2.35. The predicted octanol–water partition coefficient (Wildman–Crippen LogP) is 1.99. The van der Waals surface area contributed by atoms with E-state index in [0.717, 1.165) is 5.75 Å². The third-order valence-corrected chi connectivity index (χ3v) is 3.37. The molecule has 2 rings (SSSR count). The summed E-state index contributed by atoms with van der Waals surface area (Å²) in [5, 5.41) is 0. The second-order valence-corrected chi connectivity index (χ2v) is 4.16. The first kappa shape index (κ1) is 8.31. The Morgan fingerprint density at radius 1 is 1.58 bits per heavy atom. The molecular formula is C9H10INO. The molecule has 0 aromatic heterocycles. The van der Waals surface area contributed by atoms with Gasteiger partial charge in [-0.05, 0) is 47.2 Å². The lowest BCUT2D eigenvalue weighted by Gasteiger charge is -2.06. The van der Waals surface area contributed by atoms with Gasteiger partial charge in [-0.25, -0.2) is 0 Å². The first-order valence-corrected chi connectivity index (χ1v) is 4.95. The van der Waals surface area contributed by atoms with Crippen LogP contribution in [0.2, 0.25) is 0 Å². The molecule has 0 fully saturated rings. The third kappa shape index (κ3) is 1.11. The molecule has 0 aliphatic carbocycles. The van der Waals surface area contributed by atoms with Gasteiger partial charge in [0.15, 0.2) is 0 Å². The van der Waals surface area contributed by atoms with Crippen LogP contribution in [-0.2, 0) is 0 Å². The highest BCUT2D eigenvalue weighted by atomic mass is 127. The van der Waals surface area contributed by atoms with Gasteiger partial charge >= 0.3 is 0 Å². The van der Waals surface area contributed by atoms with E-state index in [2.05, 4.69) is 35.6 Å². The van der Waals surface area contributed by atoms with Crippen LogP contribution >= 0.6 is 22.6 Å². The van der Waals surface area contributed by atoms with Crippen LogP contribution in [0, 0.1) is 10.5 Å². The molecule has 0 spiro atoms. The Kier molecular flexibility index (Phi) is 2.00. The summed E-state index contributed by atoms with van der Waals surface area (Å²) in [4.78, 5) is 0. The van der Waals surface area contributed by atoms with Crippen LogP contribution < -0.4 is 10.5 Å². The highest BCUT2D eigenvalue weighted by molar-refractivity contribution is 14.1. The largest absolute Gasteiger partial charge is 0.491 e. The third-order valence-electron chi connectivity index (χ3n) is 2.20. The van der Waals surface area contributed by atoms with Crippen LogP contribution in [0.5, 0.6) is 5.75 Å². The number of nitrogens with two attached hydrogens (primary N) is 1. The molecule has 0 bridgehead atoms. The lowest BCUT2D eigenvalue weighted by Crippen LogP contribution is -2.12. The van der Waals surface area contributed by atoms with E-state index in [0.29, 0.717) is 6.61 Å². The van der Waals surface area contributed by atoms with Gasteiger partial charge in [0.05, 0.1) is 6.04 Å². The maximum Gasteiger partial charge on any atom is 0.124 e. The summed E-state index contributed by atoms with van der Waals surface area (Å²) in [7, 11) is 0.